The van der Waals surface area contributed by atoms with Crippen LogP contribution in [0.25, 0.3) is 22.6 Å². The lowest BCUT2D eigenvalue weighted by Gasteiger charge is -2.09. The maximum absolute atomic E-state index is 9.31. The number of hydrogen-bond acceptors (Lipinski definition) is 6. The van der Waals surface area contributed by atoms with Gasteiger partial charge in [-0.05, 0) is 42.3 Å². The van der Waals surface area contributed by atoms with Crippen LogP contribution in [0.2, 0.25) is 0 Å². The molecule has 0 atom stereocenters. The van der Waals surface area contributed by atoms with Crippen LogP contribution < -0.4 is 5.73 Å². The summed E-state index contributed by atoms with van der Waals surface area (Å²) in [6.45, 7) is 0.963. The Bertz CT molecular complexity index is 1140. The zero-order valence-corrected chi connectivity index (χ0v) is 15.7. The first-order chi connectivity index (χ1) is 14.3. The van der Waals surface area contributed by atoms with E-state index >= 15 is 0 Å². The lowest BCUT2D eigenvalue weighted by atomic mass is 10.0. The molecule has 0 unspecified atom stereocenters. The quantitative estimate of drug-likeness (QED) is 0.550. The molecule has 7 nitrogen and oxygen atoms in total. The fraction of sp³-hybridized carbons (Fsp3) is 0.136. The number of nitriles is 1. The molecule has 0 spiro atoms. The van der Waals surface area contributed by atoms with Crippen LogP contribution in [-0.2, 0) is 13.0 Å². The number of nitrogens with zero attached hydrogens (tertiary/aromatic N) is 6. The van der Waals surface area contributed by atoms with Crippen molar-refractivity contribution < 1.29 is 0 Å². The number of hydrogen-bond donors (Lipinski definition) is 1. The lowest BCUT2D eigenvalue weighted by Crippen LogP contribution is -2.07. The van der Waals surface area contributed by atoms with Gasteiger partial charge in [0.05, 0.1) is 24.4 Å². The van der Waals surface area contributed by atoms with Gasteiger partial charge in [-0.1, -0.05) is 30.3 Å². The Labute approximate surface area is 168 Å². The fourth-order valence-corrected chi connectivity index (χ4v) is 3.07. The largest absolute Gasteiger partial charge is 0.330 e. The van der Waals surface area contributed by atoms with Gasteiger partial charge in [0, 0.05) is 23.5 Å². The molecular weight excluding hydrogens is 362 g/mol. The van der Waals surface area contributed by atoms with Crippen LogP contribution in [0.4, 0.5) is 0 Å². The van der Waals surface area contributed by atoms with E-state index in [2.05, 4.69) is 26.2 Å². The first-order valence-corrected chi connectivity index (χ1v) is 9.27. The van der Waals surface area contributed by atoms with Crippen LogP contribution in [0.3, 0.4) is 0 Å². The van der Waals surface area contributed by atoms with E-state index in [0.717, 1.165) is 34.4 Å². The lowest BCUT2D eigenvalue weighted by molar-refractivity contribution is 0.593. The topological polar surface area (TPSA) is 106 Å². The second-order valence-electron chi connectivity index (χ2n) is 6.56. The third-order valence-corrected chi connectivity index (χ3v) is 4.53. The molecule has 2 aromatic carbocycles. The Morgan fingerprint density at radius 2 is 1.79 bits per heavy atom. The molecule has 4 aromatic rings. The Kier molecular flexibility index (Phi) is 5.36. The van der Waals surface area contributed by atoms with Gasteiger partial charge in [-0.3, -0.25) is 0 Å². The standard InChI is InChI=1S/C22H19N7/c23-9-8-17-12-25-22(26-13-17)20-7-6-16(11-24)10-19(20)15-29-27-14-21(28-29)18-4-2-1-3-5-18/h1-7,10,12-14H,8-9,15,23H2. The number of benzene rings is 2. The molecule has 4 rings (SSSR count). The van der Waals surface area contributed by atoms with E-state index in [-0.39, 0.29) is 0 Å². The van der Waals surface area contributed by atoms with Gasteiger partial charge in [0.25, 0.3) is 0 Å². The summed E-state index contributed by atoms with van der Waals surface area (Å²) in [5.41, 5.74) is 10.7. The normalized spacial score (nSPS) is 10.6. The van der Waals surface area contributed by atoms with Gasteiger partial charge in [-0.2, -0.15) is 20.3 Å². The van der Waals surface area contributed by atoms with Gasteiger partial charge >= 0.3 is 0 Å². The number of nitrogens with two attached hydrogens (primary N) is 1. The Morgan fingerprint density at radius 1 is 1.00 bits per heavy atom. The molecule has 0 radical (unpaired) electrons. The van der Waals surface area contributed by atoms with Crippen LogP contribution in [0.15, 0.2) is 67.1 Å². The van der Waals surface area contributed by atoms with Gasteiger partial charge in [0.2, 0.25) is 0 Å². The molecule has 2 N–H and O–H groups in total. The minimum Gasteiger partial charge on any atom is -0.330 e. The van der Waals surface area contributed by atoms with Crippen LogP contribution in [0.1, 0.15) is 16.7 Å². The molecule has 0 aliphatic carbocycles. The van der Waals surface area contributed by atoms with E-state index in [1.807, 2.05) is 42.5 Å². The minimum atomic E-state index is 0.408. The van der Waals surface area contributed by atoms with E-state index < -0.39 is 0 Å². The smallest absolute Gasteiger partial charge is 0.159 e. The van der Waals surface area contributed by atoms with Crippen LogP contribution in [-0.4, -0.2) is 31.5 Å². The summed E-state index contributed by atoms with van der Waals surface area (Å²) < 4.78 is 0. The van der Waals surface area contributed by atoms with E-state index in [1.165, 1.54) is 0 Å². The molecule has 0 aliphatic rings. The second kappa shape index (κ2) is 8.42. The molecule has 0 saturated carbocycles. The summed E-state index contributed by atoms with van der Waals surface area (Å²) in [6, 6.07) is 17.5. The van der Waals surface area contributed by atoms with E-state index in [1.54, 1.807) is 29.5 Å². The minimum absolute atomic E-state index is 0.408. The maximum atomic E-state index is 9.31. The van der Waals surface area contributed by atoms with Gasteiger partial charge in [-0.15, -0.1) is 0 Å². The van der Waals surface area contributed by atoms with Crippen LogP contribution >= 0.6 is 0 Å². The number of aromatic nitrogens is 5. The molecular formula is C22H19N7. The maximum Gasteiger partial charge on any atom is 0.159 e. The summed E-state index contributed by atoms with van der Waals surface area (Å²) in [5.74, 6) is 0.598. The van der Waals surface area contributed by atoms with E-state index in [4.69, 9.17) is 5.73 Å². The predicted molar refractivity (Wildman–Crippen MR) is 110 cm³/mol. The summed E-state index contributed by atoms with van der Waals surface area (Å²) in [6.07, 6.45) is 6.05. The summed E-state index contributed by atoms with van der Waals surface area (Å²) in [5, 5.41) is 18.3. The van der Waals surface area contributed by atoms with Gasteiger partial charge in [0.15, 0.2) is 5.82 Å². The highest BCUT2D eigenvalue weighted by Crippen LogP contribution is 2.23. The van der Waals surface area contributed by atoms with Crippen molar-refractivity contribution >= 4 is 0 Å². The molecule has 0 bridgehead atoms. The van der Waals surface area contributed by atoms with Gasteiger partial charge in [-0.25, -0.2) is 9.97 Å². The first kappa shape index (κ1) is 18.5. The molecule has 0 saturated heterocycles. The van der Waals surface area contributed by atoms with Crippen molar-refractivity contribution in [2.24, 2.45) is 5.73 Å². The average Bonchev–Trinajstić information content (AvgIpc) is 3.24. The molecule has 0 aliphatic heterocycles. The molecule has 2 heterocycles. The van der Waals surface area contributed by atoms with E-state index in [9.17, 15) is 5.26 Å². The summed E-state index contributed by atoms with van der Waals surface area (Å²) in [4.78, 5) is 10.6. The third-order valence-electron chi connectivity index (χ3n) is 4.53. The molecule has 29 heavy (non-hydrogen) atoms. The highest BCUT2D eigenvalue weighted by atomic mass is 15.5. The van der Waals surface area contributed by atoms with Crippen molar-refractivity contribution in [3.8, 4) is 28.7 Å². The van der Waals surface area contributed by atoms with Crippen molar-refractivity contribution in [2.45, 2.75) is 13.0 Å². The number of rotatable bonds is 6. The monoisotopic (exact) mass is 381 g/mol. The second-order valence-corrected chi connectivity index (χ2v) is 6.56. The van der Waals surface area contributed by atoms with Crippen molar-refractivity contribution in [2.75, 3.05) is 6.54 Å². The van der Waals surface area contributed by atoms with Crippen LogP contribution in [0.5, 0.6) is 0 Å². The summed E-state index contributed by atoms with van der Waals surface area (Å²) in [7, 11) is 0. The van der Waals surface area contributed by atoms with Gasteiger partial charge < -0.3 is 5.73 Å². The fourth-order valence-electron chi connectivity index (χ4n) is 3.07. The van der Waals surface area contributed by atoms with Crippen molar-refractivity contribution in [3.05, 3.63) is 83.8 Å². The predicted octanol–water partition coefficient (Wildman–Crippen LogP) is 2.82. The zero-order valence-electron chi connectivity index (χ0n) is 15.7. The molecule has 0 fully saturated rings. The van der Waals surface area contributed by atoms with Crippen molar-refractivity contribution in [1.82, 2.24) is 25.0 Å². The zero-order chi connectivity index (χ0) is 20.1. The average molecular weight is 381 g/mol. The molecule has 2 aromatic heterocycles. The summed E-state index contributed by atoms with van der Waals surface area (Å²) >= 11 is 0. The molecule has 7 heteroatoms. The third kappa shape index (κ3) is 4.18. The van der Waals surface area contributed by atoms with Crippen molar-refractivity contribution in [3.63, 3.8) is 0 Å². The van der Waals surface area contributed by atoms with Crippen LogP contribution in [0, 0.1) is 11.3 Å². The Morgan fingerprint density at radius 3 is 2.52 bits per heavy atom. The highest BCUT2D eigenvalue weighted by Gasteiger charge is 2.12. The SMILES string of the molecule is N#Cc1ccc(-c2ncc(CCN)cn2)c(Cn2ncc(-c3ccccc3)n2)c1. The molecule has 142 valence electrons. The van der Waals surface area contributed by atoms with Gasteiger partial charge in [0.1, 0.15) is 5.69 Å². The van der Waals surface area contributed by atoms with E-state index in [0.29, 0.717) is 24.5 Å². The first-order valence-electron chi connectivity index (χ1n) is 9.27. The van der Waals surface area contributed by atoms with Crippen molar-refractivity contribution in [1.29, 1.82) is 5.26 Å². The Balaban J connectivity index is 1.66. The molecule has 0 amide bonds. The highest BCUT2D eigenvalue weighted by molar-refractivity contribution is 5.62. The Hall–Kier alpha value is -3.89.